The van der Waals surface area contributed by atoms with Crippen LogP contribution in [0.5, 0.6) is 0 Å². The largest absolute Gasteiger partial charge is 0.333 e. The molecule has 2 aromatic rings. The summed E-state index contributed by atoms with van der Waals surface area (Å²) in [6.45, 7) is 19.3. The molecule has 4 heteroatoms. The molecule has 0 aliphatic carbocycles. The number of hydrogen-bond acceptors (Lipinski definition) is 3. The van der Waals surface area contributed by atoms with Gasteiger partial charge >= 0.3 is 8.60 Å². The van der Waals surface area contributed by atoms with Crippen LogP contribution in [-0.2, 0) is 33.2 Å². The minimum atomic E-state index is -1.38. The SMILES string of the molecule is COP1OCc2c(cc(CC(C)C)cc2C(C)C)-c2cc(C(C)C)cc(C(C)C)c2CO1. The highest BCUT2D eigenvalue weighted by atomic mass is 31.2. The van der Waals surface area contributed by atoms with Crippen molar-refractivity contribution in [2.75, 3.05) is 7.11 Å². The van der Waals surface area contributed by atoms with Crippen molar-refractivity contribution in [1.82, 2.24) is 0 Å². The van der Waals surface area contributed by atoms with Gasteiger partial charge in [-0.2, -0.15) is 0 Å². The zero-order valence-corrected chi connectivity index (χ0v) is 22.3. The molecule has 1 aliphatic heterocycles. The lowest BCUT2D eigenvalue weighted by atomic mass is 9.81. The minimum absolute atomic E-state index is 0.411. The number of fused-ring (bicyclic) bond motifs is 3. The summed E-state index contributed by atoms with van der Waals surface area (Å²) in [6, 6.07) is 9.60. The van der Waals surface area contributed by atoms with E-state index in [-0.39, 0.29) is 0 Å². The lowest BCUT2D eigenvalue weighted by molar-refractivity contribution is 0.169. The first-order valence-corrected chi connectivity index (χ1v) is 13.1. The van der Waals surface area contributed by atoms with Gasteiger partial charge in [-0.05, 0) is 74.6 Å². The highest BCUT2D eigenvalue weighted by molar-refractivity contribution is 7.41. The van der Waals surface area contributed by atoms with Gasteiger partial charge in [-0.25, -0.2) is 0 Å². The first-order chi connectivity index (χ1) is 15.1. The molecule has 1 aliphatic rings. The lowest BCUT2D eigenvalue weighted by Gasteiger charge is -2.24. The van der Waals surface area contributed by atoms with Gasteiger partial charge in [0.05, 0.1) is 13.2 Å². The molecule has 2 aromatic carbocycles. The lowest BCUT2D eigenvalue weighted by Crippen LogP contribution is -2.07. The molecule has 32 heavy (non-hydrogen) atoms. The van der Waals surface area contributed by atoms with E-state index in [1.54, 1.807) is 7.11 Å². The van der Waals surface area contributed by atoms with Crippen molar-refractivity contribution >= 4 is 8.60 Å². The summed E-state index contributed by atoms with van der Waals surface area (Å²) in [5, 5.41) is 0. The van der Waals surface area contributed by atoms with Crippen LogP contribution in [0.4, 0.5) is 0 Å². The van der Waals surface area contributed by atoms with Crippen molar-refractivity contribution in [3.8, 4) is 11.1 Å². The smallest absolute Gasteiger partial charge is 0.316 e. The fraction of sp³-hybridized carbons (Fsp3) is 0.571. The van der Waals surface area contributed by atoms with Gasteiger partial charge in [0.1, 0.15) is 0 Å². The van der Waals surface area contributed by atoms with Gasteiger partial charge in [0, 0.05) is 7.11 Å². The summed E-state index contributed by atoms with van der Waals surface area (Å²) >= 11 is 0. The van der Waals surface area contributed by atoms with Crippen LogP contribution in [0.15, 0.2) is 24.3 Å². The van der Waals surface area contributed by atoms with E-state index >= 15 is 0 Å². The topological polar surface area (TPSA) is 27.7 Å². The molecule has 0 spiro atoms. The van der Waals surface area contributed by atoms with Crippen LogP contribution in [-0.4, -0.2) is 7.11 Å². The van der Waals surface area contributed by atoms with E-state index in [1.807, 2.05) is 0 Å². The van der Waals surface area contributed by atoms with E-state index < -0.39 is 8.60 Å². The third-order valence-electron chi connectivity index (χ3n) is 6.27. The van der Waals surface area contributed by atoms with Crippen molar-refractivity contribution in [1.29, 1.82) is 0 Å². The van der Waals surface area contributed by atoms with Crippen LogP contribution < -0.4 is 0 Å². The second-order valence-corrected chi connectivity index (χ2v) is 11.7. The average molecular weight is 457 g/mol. The van der Waals surface area contributed by atoms with Crippen LogP contribution >= 0.6 is 8.60 Å². The van der Waals surface area contributed by atoms with Gasteiger partial charge in [0.15, 0.2) is 0 Å². The molecule has 0 N–H and O–H groups in total. The molecular weight excluding hydrogens is 415 g/mol. The molecule has 0 fully saturated rings. The summed E-state index contributed by atoms with van der Waals surface area (Å²) in [5.41, 5.74) is 10.7. The van der Waals surface area contributed by atoms with E-state index in [0.29, 0.717) is 36.9 Å². The average Bonchev–Trinajstić information content (AvgIpc) is 2.79. The van der Waals surface area contributed by atoms with E-state index in [2.05, 4.69) is 79.7 Å². The number of rotatable bonds is 6. The number of hydrogen-bond donors (Lipinski definition) is 0. The molecule has 0 amide bonds. The fourth-order valence-electron chi connectivity index (χ4n) is 4.61. The summed E-state index contributed by atoms with van der Waals surface area (Å²) in [5.74, 6) is 1.90. The van der Waals surface area contributed by atoms with E-state index in [0.717, 1.165) is 6.42 Å². The van der Waals surface area contributed by atoms with Crippen molar-refractivity contribution in [3.05, 3.63) is 57.6 Å². The summed E-state index contributed by atoms with van der Waals surface area (Å²) in [6.07, 6.45) is 1.07. The van der Waals surface area contributed by atoms with Gasteiger partial charge < -0.3 is 13.6 Å². The maximum absolute atomic E-state index is 6.18. The van der Waals surface area contributed by atoms with E-state index in [9.17, 15) is 0 Å². The molecular formula is C28H41O3P. The van der Waals surface area contributed by atoms with Gasteiger partial charge in [0.2, 0.25) is 0 Å². The van der Waals surface area contributed by atoms with Crippen LogP contribution in [0.2, 0.25) is 0 Å². The molecule has 0 radical (unpaired) electrons. The maximum atomic E-state index is 6.18. The summed E-state index contributed by atoms with van der Waals surface area (Å²) in [7, 11) is 0.288. The molecule has 3 nitrogen and oxygen atoms in total. The van der Waals surface area contributed by atoms with Gasteiger partial charge in [-0.1, -0.05) is 79.7 Å². The maximum Gasteiger partial charge on any atom is 0.333 e. The van der Waals surface area contributed by atoms with Crippen molar-refractivity contribution in [3.63, 3.8) is 0 Å². The molecule has 176 valence electrons. The van der Waals surface area contributed by atoms with Crippen molar-refractivity contribution in [2.24, 2.45) is 5.92 Å². The Hall–Kier alpha value is -1.25. The second-order valence-electron chi connectivity index (χ2n) is 10.4. The highest BCUT2D eigenvalue weighted by Crippen LogP contribution is 2.47. The zero-order chi connectivity index (χ0) is 23.6. The third-order valence-corrected chi connectivity index (χ3v) is 7.25. The Morgan fingerprint density at radius 2 is 1.28 bits per heavy atom. The Labute approximate surface area is 196 Å². The quantitative estimate of drug-likeness (QED) is 0.406. The Balaban J connectivity index is 2.38. The van der Waals surface area contributed by atoms with Crippen LogP contribution in [0.3, 0.4) is 0 Å². The van der Waals surface area contributed by atoms with Gasteiger partial charge in [0.25, 0.3) is 0 Å². The predicted molar refractivity (Wildman–Crippen MR) is 136 cm³/mol. The van der Waals surface area contributed by atoms with Crippen molar-refractivity contribution < 1.29 is 13.6 Å². The Bertz CT molecular complexity index is 931. The van der Waals surface area contributed by atoms with Crippen molar-refractivity contribution in [2.45, 2.75) is 92.8 Å². The van der Waals surface area contributed by atoms with Crippen LogP contribution in [0, 0.1) is 5.92 Å². The second kappa shape index (κ2) is 10.8. The molecule has 1 unspecified atom stereocenters. The monoisotopic (exact) mass is 456 g/mol. The predicted octanol–water partition coefficient (Wildman–Crippen LogP) is 8.84. The molecule has 0 saturated heterocycles. The zero-order valence-electron chi connectivity index (χ0n) is 21.4. The number of benzene rings is 2. The highest BCUT2D eigenvalue weighted by Gasteiger charge is 2.25. The van der Waals surface area contributed by atoms with Crippen LogP contribution in [0.1, 0.15) is 107 Å². The Morgan fingerprint density at radius 3 is 1.75 bits per heavy atom. The Morgan fingerprint density at radius 1 is 0.750 bits per heavy atom. The van der Waals surface area contributed by atoms with Gasteiger partial charge in [-0.15, -0.1) is 0 Å². The normalized spacial score (nSPS) is 16.8. The molecule has 0 saturated carbocycles. The van der Waals surface area contributed by atoms with Gasteiger partial charge in [-0.3, -0.25) is 0 Å². The molecule has 3 rings (SSSR count). The van der Waals surface area contributed by atoms with E-state index in [1.165, 1.54) is 44.5 Å². The Kier molecular flexibility index (Phi) is 8.55. The third kappa shape index (κ3) is 5.62. The minimum Gasteiger partial charge on any atom is -0.316 e. The first kappa shape index (κ1) is 25.4. The fourth-order valence-corrected chi connectivity index (χ4v) is 5.36. The summed E-state index contributed by atoms with van der Waals surface area (Å²) < 4.78 is 17.9. The molecule has 1 atom stereocenters. The first-order valence-electron chi connectivity index (χ1n) is 12.0. The standard InChI is InChI=1S/C28H41O3P/c1-17(2)10-21-11-23(19(5)6)27-15-30-32(29-9)31-16-28-24(20(7)8)13-22(18(3)4)14-26(28)25(27)12-21/h11-14,17-20H,10,15-16H2,1-9H3. The molecule has 1 heterocycles. The molecule has 0 aromatic heterocycles. The molecule has 0 bridgehead atoms. The van der Waals surface area contributed by atoms with E-state index in [4.69, 9.17) is 13.6 Å². The summed E-state index contributed by atoms with van der Waals surface area (Å²) in [4.78, 5) is 0. The van der Waals surface area contributed by atoms with Crippen LogP contribution in [0.25, 0.3) is 11.1 Å².